The van der Waals surface area contributed by atoms with Crippen LogP contribution < -0.4 is 10.6 Å². The molecule has 1 aromatic heterocycles. The molecule has 0 aliphatic heterocycles. The topological polar surface area (TPSA) is 243 Å². The van der Waals surface area contributed by atoms with E-state index < -0.39 is 49.1 Å². The average molecular weight is 1010 g/mol. The van der Waals surface area contributed by atoms with E-state index in [1.165, 1.54) is 134 Å². The molecule has 7 N–H and O–H groups in total. The third kappa shape index (κ3) is 35.3. The SMILES string of the molecule is CCCCCCCCCCCCC(=O)N[C@H](CSC[C@@H](COC(=O)CCCCCCCCCCCC)OC(=O)CCCCCCCCCCCC)C(=O)Nc1cn(C[C@H](O)[C@H](O)[C@H](O)[C@H](O)CO)nn1. The number of hydrogen-bond acceptors (Lipinski definition) is 14. The van der Waals surface area contributed by atoms with Crippen LogP contribution in [0.1, 0.15) is 233 Å². The van der Waals surface area contributed by atoms with Gasteiger partial charge in [0.1, 0.15) is 43.2 Å². The number of aliphatic hydroxyl groups is 5. The summed E-state index contributed by atoms with van der Waals surface area (Å²) in [5.41, 5.74) is 0. The summed E-state index contributed by atoms with van der Waals surface area (Å²) in [6.45, 7) is 5.34. The molecule has 16 nitrogen and oxygen atoms in total. The van der Waals surface area contributed by atoms with Gasteiger partial charge in [0.15, 0.2) is 5.82 Å². The summed E-state index contributed by atoms with van der Waals surface area (Å²) in [5.74, 6) is -1.28. The maximum absolute atomic E-state index is 13.8. The number of carbonyl (C=O) groups is 4. The Kier molecular flexibility index (Phi) is 41.8. The molecule has 0 aromatic carbocycles. The van der Waals surface area contributed by atoms with Crippen molar-refractivity contribution in [3.63, 3.8) is 0 Å². The first-order valence-electron chi connectivity index (χ1n) is 27.7. The molecule has 0 aliphatic rings. The lowest BCUT2D eigenvalue weighted by Crippen LogP contribution is -2.47. The van der Waals surface area contributed by atoms with Crippen molar-refractivity contribution in [1.29, 1.82) is 0 Å². The molecule has 6 atom stereocenters. The molecule has 0 saturated heterocycles. The largest absolute Gasteiger partial charge is 0.462 e. The number of thioether (sulfide) groups is 1. The van der Waals surface area contributed by atoms with E-state index in [-0.39, 0.29) is 67.6 Å². The third-order valence-corrected chi connectivity index (χ3v) is 13.9. The first kappa shape index (κ1) is 65.2. The van der Waals surface area contributed by atoms with Crippen LogP contribution in [-0.2, 0) is 35.2 Å². The van der Waals surface area contributed by atoms with Crippen LogP contribution in [-0.4, -0.2) is 126 Å². The van der Waals surface area contributed by atoms with E-state index in [9.17, 15) is 39.6 Å². The quantitative estimate of drug-likeness (QED) is 0.0238. The molecule has 17 heteroatoms. The summed E-state index contributed by atoms with van der Waals surface area (Å²) in [6, 6.07) is -1.03. The summed E-state index contributed by atoms with van der Waals surface area (Å²) in [7, 11) is 0. The van der Waals surface area contributed by atoms with E-state index in [0.29, 0.717) is 12.8 Å². The summed E-state index contributed by atoms with van der Waals surface area (Å²) >= 11 is 1.28. The van der Waals surface area contributed by atoms with Crippen molar-refractivity contribution in [2.75, 3.05) is 30.0 Å². The molecule has 0 bridgehead atoms. The minimum Gasteiger partial charge on any atom is -0.462 e. The molecular weight excluding hydrogens is 915 g/mol. The number of rotatable bonds is 49. The molecule has 1 rings (SSSR count). The average Bonchev–Trinajstić information content (AvgIpc) is 3.79. The number of aromatic nitrogens is 3. The number of amides is 2. The number of nitrogens with zero attached hydrogens (tertiary/aromatic N) is 3. The van der Waals surface area contributed by atoms with Gasteiger partial charge < -0.3 is 45.6 Å². The Labute approximate surface area is 426 Å². The van der Waals surface area contributed by atoms with Crippen LogP contribution in [0.5, 0.6) is 0 Å². The number of esters is 2. The summed E-state index contributed by atoms with van der Waals surface area (Å²) < 4.78 is 12.7. The van der Waals surface area contributed by atoms with Crippen LogP contribution in [0.3, 0.4) is 0 Å². The second-order valence-electron chi connectivity index (χ2n) is 19.4. The molecular formula is C53H99N5O11S. The van der Waals surface area contributed by atoms with Gasteiger partial charge in [-0.3, -0.25) is 19.2 Å². The van der Waals surface area contributed by atoms with E-state index >= 15 is 0 Å². The highest BCUT2D eigenvalue weighted by Crippen LogP contribution is 2.18. The lowest BCUT2D eigenvalue weighted by Gasteiger charge is -2.25. The Hall–Kier alpha value is -2.83. The lowest BCUT2D eigenvalue weighted by atomic mass is 10.0. The second-order valence-corrected chi connectivity index (χ2v) is 20.4. The first-order valence-corrected chi connectivity index (χ1v) is 28.9. The van der Waals surface area contributed by atoms with Crippen molar-refractivity contribution in [3.8, 4) is 0 Å². The number of anilines is 1. The number of carbonyl (C=O) groups excluding carboxylic acids is 4. The van der Waals surface area contributed by atoms with Crippen molar-refractivity contribution in [3.05, 3.63) is 6.20 Å². The van der Waals surface area contributed by atoms with E-state index in [2.05, 4.69) is 41.7 Å². The van der Waals surface area contributed by atoms with Gasteiger partial charge in [0.25, 0.3) is 0 Å². The fourth-order valence-electron chi connectivity index (χ4n) is 8.19. The number of aliphatic hydroxyl groups excluding tert-OH is 5. The number of nitrogens with one attached hydrogen (secondary N) is 2. The summed E-state index contributed by atoms with van der Waals surface area (Å²) in [6.07, 6.45) is 28.5. The smallest absolute Gasteiger partial charge is 0.306 e. The van der Waals surface area contributed by atoms with Crippen LogP contribution in [0.15, 0.2) is 6.20 Å². The van der Waals surface area contributed by atoms with Gasteiger partial charge in [0.2, 0.25) is 11.8 Å². The molecule has 408 valence electrons. The molecule has 0 saturated carbocycles. The molecule has 1 aromatic rings. The summed E-state index contributed by atoms with van der Waals surface area (Å²) in [4.78, 5) is 53.0. The highest BCUT2D eigenvalue weighted by molar-refractivity contribution is 7.99. The molecule has 0 radical (unpaired) electrons. The highest BCUT2D eigenvalue weighted by Gasteiger charge is 2.31. The number of unbranched alkanes of at least 4 members (excludes halogenated alkanes) is 27. The van der Waals surface area contributed by atoms with Crippen LogP contribution in [0.4, 0.5) is 5.82 Å². The van der Waals surface area contributed by atoms with Crippen LogP contribution >= 0.6 is 11.8 Å². The highest BCUT2D eigenvalue weighted by atomic mass is 32.2. The Morgan fingerprint density at radius 3 is 1.49 bits per heavy atom. The standard InChI is InChI=1S/C53H99N5O11S/c1-4-7-10-13-16-19-22-25-28-31-34-48(62)54-44(53(67)55-47-38-58(57-56-47)37-45(60)51(65)52(66)46(61)39-59)42-70-41-43(69-50(64)36-33-30-27-24-21-18-15-12-9-6-3)40-68-49(63)35-32-29-26-23-20-17-14-11-8-5-2/h38,43-46,51-52,59-61,65-66H,4-37,39-42H2,1-3H3,(H,54,62)(H,55,67)/t43-,44-,45+,46-,51+,52-/m1/s1. The predicted octanol–water partition coefficient (Wildman–Crippen LogP) is 9.26. The van der Waals surface area contributed by atoms with Crippen molar-refractivity contribution in [2.24, 2.45) is 0 Å². The van der Waals surface area contributed by atoms with Gasteiger partial charge in [0.05, 0.1) is 19.3 Å². The van der Waals surface area contributed by atoms with Gasteiger partial charge in [-0.2, -0.15) is 11.8 Å². The zero-order valence-corrected chi connectivity index (χ0v) is 44.7. The van der Waals surface area contributed by atoms with Gasteiger partial charge in [0, 0.05) is 30.8 Å². The molecule has 0 unspecified atom stereocenters. The van der Waals surface area contributed by atoms with Gasteiger partial charge in [-0.1, -0.05) is 199 Å². The lowest BCUT2D eigenvalue weighted by molar-refractivity contribution is -0.157. The maximum Gasteiger partial charge on any atom is 0.306 e. The van der Waals surface area contributed by atoms with Gasteiger partial charge in [-0.25, -0.2) is 4.68 Å². The summed E-state index contributed by atoms with van der Waals surface area (Å²) in [5, 5.41) is 62.7. The molecule has 70 heavy (non-hydrogen) atoms. The van der Waals surface area contributed by atoms with Crippen molar-refractivity contribution >= 4 is 41.3 Å². The fraction of sp³-hybridized carbons (Fsp3) is 0.887. The Balaban J connectivity index is 2.93. The third-order valence-electron chi connectivity index (χ3n) is 12.7. The number of ether oxygens (including phenoxy) is 2. The predicted molar refractivity (Wildman–Crippen MR) is 279 cm³/mol. The molecule has 0 fully saturated rings. The van der Waals surface area contributed by atoms with Crippen LogP contribution in [0.25, 0.3) is 0 Å². The maximum atomic E-state index is 13.8. The zero-order valence-electron chi connectivity index (χ0n) is 43.8. The van der Waals surface area contributed by atoms with Crippen molar-refractivity contribution < 1.29 is 54.2 Å². The Morgan fingerprint density at radius 2 is 1.01 bits per heavy atom. The van der Waals surface area contributed by atoms with E-state index in [0.717, 1.165) is 68.9 Å². The zero-order chi connectivity index (χ0) is 51.5. The minimum atomic E-state index is -1.82. The molecule has 2 amide bonds. The normalized spacial score (nSPS) is 14.1. The Bertz CT molecular complexity index is 1440. The van der Waals surface area contributed by atoms with E-state index in [1.54, 1.807) is 0 Å². The van der Waals surface area contributed by atoms with E-state index in [1.807, 2.05) is 0 Å². The molecule has 0 spiro atoms. The Morgan fingerprint density at radius 1 is 0.586 bits per heavy atom. The van der Waals surface area contributed by atoms with Crippen molar-refractivity contribution in [2.45, 2.75) is 276 Å². The van der Waals surface area contributed by atoms with Gasteiger partial charge in [-0.15, -0.1) is 5.10 Å². The minimum absolute atomic E-state index is 0.00493. The first-order chi connectivity index (χ1) is 33.9. The van der Waals surface area contributed by atoms with E-state index in [4.69, 9.17) is 14.6 Å². The molecule has 0 aliphatic carbocycles. The fourth-order valence-corrected chi connectivity index (χ4v) is 9.23. The van der Waals surface area contributed by atoms with Crippen molar-refractivity contribution in [1.82, 2.24) is 20.3 Å². The molecule has 1 heterocycles. The van der Waals surface area contributed by atoms with Crippen LogP contribution in [0.2, 0.25) is 0 Å². The van der Waals surface area contributed by atoms with Gasteiger partial charge >= 0.3 is 11.9 Å². The van der Waals surface area contributed by atoms with Gasteiger partial charge in [-0.05, 0) is 19.3 Å². The monoisotopic (exact) mass is 1010 g/mol. The number of hydrogen-bond donors (Lipinski definition) is 7. The second kappa shape index (κ2) is 44.8. The van der Waals surface area contributed by atoms with Crippen LogP contribution in [0, 0.1) is 0 Å².